The predicted octanol–water partition coefficient (Wildman–Crippen LogP) is 2.37. The van der Waals surface area contributed by atoms with Gasteiger partial charge >= 0.3 is 0 Å². The lowest BCUT2D eigenvalue weighted by molar-refractivity contribution is 0.0795. The number of rotatable bonds is 8. The van der Waals surface area contributed by atoms with Crippen LogP contribution in [-0.4, -0.2) is 51.6 Å². The largest absolute Gasteiger partial charge is 0.507 e. The number of aliphatic hydroxyl groups excluding tert-OH is 1. The Kier molecular flexibility index (Phi) is 6.47. The highest BCUT2D eigenvalue weighted by molar-refractivity contribution is 7.92. The molecule has 0 aliphatic heterocycles. The molecule has 0 fully saturated rings. The van der Waals surface area contributed by atoms with Gasteiger partial charge in [0.25, 0.3) is 5.91 Å². The number of phenolic OH excluding ortho intramolecular Hbond substituents is 1. The van der Waals surface area contributed by atoms with Gasteiger partial charge in [0.05, 0.1) is 22.3 Å². The number of imidazole rings is 1. The number of aromatic hydroxyl groups is 1. The Labute approximate surface area is 181 Å². The lowest BCUT2D eigenvalue weighted by Gasteiger charge is -2.30. The molecule has 8 nitrogen and oxygen atoms in total. The summed E-state index contributed by atoms with van der Waals surface area (Å²) in [5.74, 6) is -0.801. The van der Waals surface area contributed by atoms with E-state index >= 15 is 0 Å². The second-order valence-electron chi connectivity index (χ2n) is 7.68. The van der Waals surface area contributed by atoms with Crippen molar-refractivity contribution in [2.75, 3.05) is 12.8 Å². The number of nitrogens with zero attached hydrogens (tertiary/aromatic N) is 2. The van der Waals surface area contributed by atoms with E-state index in [9.17, 15) is 23.4 Å². The molecule has 0 aliphatic carbocycles. The number of carbonyl (C=O) groups excluding carboxylic acids is 1. The average molecular weight is 444 g/mol. The Morgan fingerprint density at radius 1 is 1.16 bits per heavy atom. The van der Waals surface area contributed by atoms with Gasteiger partial charge in [0.2, 0.25) is 0 Å². The molecule has 3 rings (SSSR count). The van der Waals surface area contributed by atoms with Crippen LogP contribution < -0.4 is 5.32 Å². The summed E-state index contributed by atoms with van der Waals surface area (Å²) < 4.78 is 25.0. The second-order valence-corrected chi connectivity index (χ2v) is 10.2. The van der Waals surface area contributed by atoms with Crippen molar-refractivity contribution in [2.24, 2.45) is 0 Å². The molecule has 2 aromatic carbocycles. The second kappa shape index (κ2) is 8.91. The van der Waals surface area contributed by atoms with Crippen molar-refractivity contribution in [3.8, 4) is 17.0 Å². The molecule has 3 N–H and O–H groups in total. The summed E-state index contributed by atoms with van der Waals surface area (Å²) in [6.07, 6.45) is 2.80. The molecular formula is C22H25N3O5S. The van der Waals surface area contributed by atoms with Gasteiger partial charge in [0.15, 0.2) is 9.84 Å². The maximum absolute atomic E-state index is 12.5. The molecule has 1 amide bonds. The van der Waals surface area contributed by atoms with Crippen LogP contribution in [0.5, 0.6) is 5.75 Å². The number of amides is 1. The first-order chi connectivity index (χ1) is 14.6. The quantitative estimate of drug-likeness (QED) is 0.491. The molecule has 1 heterocycles. The molecule has 0 bridgehead atoms. The lowest BCUT2D eigenvalue weighted by atomic mass is 10.1. The summed E-state index contributed by atoms with van der Waals surface area (Å²) in [4.78, 5) is 16.7. The maximum atomic E-state index is 12.5. The zero-order chi connectivity index (χ0) is 22.6. The van der Waals surface area contributed by atoms with Gasteiger partial charge < -0.3 is 20.1 Å². The van der Waals surface area contributed by atoms with E-state index in [2.05, 4.69) is 10.3 Å². The summed E-state index contributed by atoms with van der Waals surface area (Å²) >= 11 is 0. The predicted molar refractivity (Wildman–Crippen MR) is 117 cm³/mol. The highest BCUT2D eigenvalue weighted by Gasteiger charge is 2.39. The fraction of sp³-hybridized carbons (Fsp3) is 0.273. The Morgan fingerprint density at radius 3 is 2.45 bits per heavy atom. The molecule has 1 aromatic heterocycles. The summed E-state index contributed by atoms with van der Waals surface area (Å²) in [6, 6.07) is 15.4. The van der Waals surface area contributed by atoms with E-state index in [-0.39, 0.29) is 24.3 Å². The Hall–Kier alpha value is -3.17. The van der Waals surface area contributed by atoms with Gasteiger partial charge in [-0.2, -0.15) is 0 Å². The van der Waals surface area contributed by atoms with Gasteiger partial charge in [-0.1, -0.05) is 42.5 Å². The Balaban J connectivity index is 1.76. The summed E-state index contributed by atoms with van der Waals surface area (Å²) in [5, 5.41) is 23.1. The molecule has 3 aromatic rings. The molecule has 9 heteroatoms. The van der Waals surface area contributed by atoms with Crippen LogP contribution in [0.15, 0.2) is 67.1 Å². The number of aromatic nitrogens is 2. The van der Waals surface area contributed by atoms with E-state index in [1.54, 1.807) is 18.3 Å². The number of benzene rings is 2. The van der Waals surface area contributed by atoms with Crippen LogP contribution in [0.1, 0.15) is 29.9 Å². The molecule has 2 atom stereocenters. The SMILES string of the molecule is CC(CNC(=O)c1ccccc1O)(CC(O)n1cnc(-c2ccccc2)c1)S(C)(=O)=O. The fourth-order valence-electron chi connectivity index (χ4n) is 3.13. The van der Waals surface area contributed by atoms with Gasteiger partial charge in [0, 0.05) is 31.0 Å². The van der Waals surface area contributed by atoms with E-state index in [4.69, 9.17) is 0 Å². The molecule has 2 unspecified atom stereocenters. The Bertz CT molecular complexity index is 1160. The molecular weight excluding hydrogens is 418 g/mol. The number of phenols is 1. The number of nitrogens with one attached hydrogen (secondary N) is 1. The van der Waals surface area contributed by atoms with Crippen LogP contribution in [0.3, 0.4) is 0 Å². The van der Waals surface area contributed by atoms with Crippen LogP contribution >= 0.6 is 0 Å². The van der Waals surface area contributed by atoms with Crippen LogP contribution in [0.4, 0.5) is 0 Å². The highest BCUT2D eigenvalue weighted by Crippen LogP contribution is 2.28. The summed E-state index contributed by atoms with van der Waals surface area (Å²) in [7, 11) is -3.67. The molecule has 0 saturated heterocycles. The maximum Gasteiger partial charge on any atom is 0.255 e. The number of aliphatic hydroxyl groups is 1. The van der Waals surface area contributed by atoms with Gasteiger partial charge in [-0.05, 0) is 19.1 Å². The van der Waals surface area contributed by atoms with E-state index < -0.39 is 26.7 Å². The zero-order valence-corrected chi connectivity index (χ0v) is 18.1. The van der Waals surface area contributed by atoms with Crippen molar-refractivity contribution >= 4 is 15.7 Å². The van der Waals surface area contributed by atoms with E-state index in [0.29, 0.717) is 5.69 Å². The van der Waals surface area contributed by atoms with Crippen molar-refractivity contribution in [1.29, 1.82) is 0 Å². The van der Waals surface area contributed by atoms with Crippen LogP contribution in [0.2, 0.25) is 0 Å². The molecule has 0 aliphatic rings. The van der Waals surface area contributed by atoms with Crippen molar-refractivity contribution in [1.82, 2.24) is 14.9 Å². The van der Waals surface area contributed by atoms with E-state index in [1.165, 1.54) is 30.0 Å². The summed E-state index contributed by atoms with van der Waals surface area (Å²) in [5.41, 5.74) is 1.56. The van der Waals surface area contributed by atoms with Crippen LogP contribution in [0.25, 0.3) is 11.3 Å². The molecule has 0 radical (unpaired) electrons. The fourth-order valence-corrected chi connectivity index (χ4v) is 3.92. The van der Waals surface area contributed by atoms with Crippen molar-refractivity contribution < 1.29 is 23.4 Å². The molecule has 0 saturated carbocycles. The monoisotopic (exact) mass is 443 g/mol. The van der Waals surface area contributed by atoms with Crippen molar-refractivity contribution in [3.63, 3.8) is 0 Å². The zero-order valence-electron chi connectivity index (χ0n) is 17.3. The van der Waals surface area contributed by atoms with Crippen LogP contribution in [0, 0.1) is 0 Å². The molecule has 31 heavy (non-hydrogen) atoms. The van der Waals surface area contributed by atoms with Crippen molar-refractivity contribution in [3.05, 3.63) is 72.7 Å². The topological polar surface area (TPSA) is 122 Å². The lowest BCUT2D eigenvalue weighted by Crippen LogP contribution is -2.47. The summed E-state index contributed by atoms with van der Waals surface area (Å²) in [6.45, 7) is 1.22. The molecule has 0 spiro atoms. The highest BCUT2D eigenvalue weighted by atomic mass is 32.2. The number of hydrogen-bond acceptors (Lipinski definition) is 6. The number of carbonyl (C=O) groups is 1. The first kappa shape index (κ1) is 22.5. The number of sulfone groups is 1. The van der Waals surface area contributed by atoms with E-state index in [0.717, 1.165) is 11.8 Å². The van der Waals surface area contributed by atoms with Gasteiger partial charge in [-0.25, -0.2) is 13.4 Å². The van der Waals surface area contributed by atoms with Gasteiger partial charge in [-0.3, -0.25) is 4.79 Å². The minimum Gasteiger partial charge on any atom is -0.507 e. The number of para-hydroxylation sites is 1. The van der Waals surface area contributed by atoms with Gasteiger partial charge in [-0.15, -0.1) is 0 Å². The normalized spacial score (nSPS) is 14.5. The third-order valence-corrected chi connectivity index (χ3v) is 7.40. The Morgan fingerprint density at radius 2 is 1.81 bits per heavy atom. The smallest absolute Gasteiger partial charge is 0.255 e. The minimum atomic E-state index is -3.67. The van der Waals surface area contributed by atoms with Crippen LogP contribution in [-0.2, 0) is 9.84 Å². The first-order valence-electron chi connectivity index (χ1n) is 9.63. The van der Waals surface area contributed by atoms with Gasteiger partial charge in [0.1, 0.15) is 12.0 Å². The molecule has 164 valence electrons. The first-order valence-corrected chi connectivity index (χ1v) is 11.5. The average Bonchev–Trinajstić information content (AvgIpc) is 3.23. The van der Waals surface area contributed by atoms with Crippen molar-refractivity contribution in [2.45, 2.75) is 24.3 Å². The third kappa shape index (κ3) is 5.12. The number of hydrogen-bond donors (Lipinski definition) is 3. The standard InChI is InChI=1S/C22H25N3O5S/c1-22(31(2,29)30,14-23-21(28)17-10-6-7-11-19(17)26)12-20(27)25-13-18(24-15-25)16-8-4-3-5-9-16/h3-11,13,15,20,26-27H,12,14H2,1-2H3,(H,23,28). The third-order valence-electron chi connectivity index (χ3n) is 5.30. The van der Waals surface area contributed by atoms with E-state index in [1.807, 2.05) is 30.3 Å². The minimum absolute atomic E-state index is 0.0426.